The fraction of sp³-hybridized carbons (Fsp3) is 0.314. The number of anilines is 3. The van der Waals surface area contributed by atoms with Crippen LogP contribution in [0.5, 0.6) is 0 Å². The van der Waals surface area contributed by atoms with Crippen molar-refractivity contribution in [1.29, 1.82) is 0 Å². The molecule has 2 aliphatic heterocycles. The average molecular weight is 608 g/mol. The lowest BCUT2D eigenvalue weighted by molar-refractivity contribution is 0.0952. The highest BCUT2D eigenvalue weighted by atomic mass is 32.1. The highest BCUT2D eigenvalue weighted by Gasteiger charge is 2.29. The second kappa shape index (κ2) is 13.0. The van der Waals surface area contributed by atoms with Gasteiger partial charge in [-0.2, -0.15) is 0 Å². The van der Waals surface area contributed by atoms with E-state index in [4.69, 9.17) is 0 Å². The molecule has 44 heavy (non-hydrogen) atoms. The Hall–Kier alpha value is -4.50. The Labute approximate surface area is 262 Å². The summed E-state index contributed by atoms with van der Waals surface area (Å²) >= 11 is 1.50. The monoisotopic (exact) mass is 607 g/mol. The predicted octanol–water partition coefficient (Wildman–Crippen LogP) is 6.78. The van der Waals surface area contributed by atoms with Crippen LogP contribution in [0.1, 0.15) is 75.5 Å². The van der Waals surface area contributed by atoms with E-state index in [0.717, 1.165) is 65.3 Å². The normalized spacial score (nSPS) is 15.3. The van der Waals surface area contributed by atoms with E-state index >= 15 is 0 Å². The van der Waals surface area contributed by atoms with Gasteiger partial charge in [0.1, 0.15) is 5.82 Å². The first kappa shape index (κ1) is 29.6. The number of hydrogen-bond donors (Lipinski definition) is 2. The first-order valence-corrected chi connectivity index (χ1v) is 16.3. The maximum atomic E-state index is 13.8. The van der Waals surface area contributed by atoms with Gasteiger partial charge in [0.2, 0.25) is 0 Å². The van der Waals surface area contributed by atoms with E-state index in [1.807, 2.05) is 49.1 Å². The topological polar surface area (TPSA) is 94.6 Å². The minimum Gasteiger partial charge on any atom is -0.356 e. The van der Waals surface area contributed by atoms with Crippen molar-refractivity contribution in [2.45, 2.75) is 52.0 Å². The van der Waals surface area contributed by atoms with Crippen molar-refractivity contribution >= 4 is 46.3 Å². The highest BCUT2D eigenvalue weighted by molar-refractivity contribution is 7.17. The van der Waals surface area contributed by atoms with Crippen molar-refractivity contribution in [3.8, 4) is 10.4 Å². The summed E-state index contributed by atoms with van der Waals surface area (Å²) < 4.78 is 0. The van der Waals surface area contributed by atoms with E-state index < -0.39 is 0 Å². The van der Waals surface area contributed by atoms with Crippen LogP contribution in [0.4, 0.5) is 17.2 Å². The van der Waals surface area contributed by atoms with Gasteiger partial charge in [0.25, 0.3) is 17.7 Å². The maximum absolute atomic E-state index is 13.8. The molecule has 4 heterocycles. The minimum absolute atomic E-state index is 0.0102. The number of carbonyl (C=O) groups excluding carboxylic acids is 3. The summed E-state index contributed by atoms with van der Waals surface area (Å²) in [6.07, 6.45) is 6.67. The maximum Gasteiger partial charge on any atom is 0.261 e. The molecule has 0 bridgehead atoms. The number of carbonyl (C=O) groups is 3. The molecule has 8 nitrogen and oxygen atoms in total. The molecule has 3 amide bonds. The minimum atomic E-state index is -0.221. The van der Waals surface area contributed by atoms with E-state index in [0.29, 0.717) is 41.6 Å². The van der Waals surface area contributed by atoms with Crippen molar-refractivity contribution in [2.24, 2.45) is 0 Å². The van der Waals surface area contributed by atoms with Gasteiger partial charge in [0.05, 0.1) is 16.1 Å². The van der Waals surface area contributed by atoms with Gasteiger partial charge in [-0.25, -0.2) is 4.98 Å². The van der Waals surface area contributed by atoms with Crippen LogP contribution in [0.2, 0.25) is 0 Å². The quantitative estimate of drug-likeness (QED) is 0.252. The Morgan fingerprint density at radius 3 is 2.39 bits per heavy atom. The van der Waals surface area contributed by atoms with Gasteiger partial charge >= 0.3 is 0 Å². The lowest BCUT2D eigenvalue weighted by Crippen LogP contribution is -2.32. The molecular weight excluding hydrogens is 570 g/mol. The van der Waals surface area contributed by atoms with E-state index in [1.165, 1.54) is 11.3 Å². The van der Waals surface area contributed by atoms with Crippen LogP contribution in [-0.4, -0.2) is 48.4 Å². The first-order valence-electron chi connectivity index (χ1n) is 15.5. The summed E-state index contributed by atoms with van der Waals surface area (Å²) in [6.45, 7) is 6.30. The summed E-state index contributed by atoms with van der Waals surface area (Å²) in [5.41, 5.74) is 4.58. The largest absolute Gasteiger partial charge is 0.356 e. The Morgan fingerprint density at radius 2 is 1.64 bits per heavy atom. The van der Waals surface area contributed by atoms with Crippen molar-refractivity contribution in [3.63, 3.8) is 0 Å². The third-order valence-corrected chi connectivity index (χ3v) is 9.27. The zero-order valence-electron chi connectivity index (χ0n) is 25.1. The third kappa shape index (κ3) is 6.10. The van der Waals surface area contributed by atoms with E-state index in [1.54, 1.807) is 42.6 Å². The summed E-state index contributed by atoms with van der Waals surface area (Å²) in [6, 6.07) is 20.8. The fourth-order valence-corrected chi connectivity index (χ4v) is 6.86. The van der Waals surface area contributed by atoms with E-state index in [2.05, 4.69) is 20.5 Å². The molecule has 7 rings (SSSR count). The molecule has 2 fully saturated rings. The number of thiophene rings is 1. The smallest absolute Gasteiger partial charge is 0.261 e. The molecule has 0 atom stereocenters. The van der Waals surface area contributed by atoms with Gasteiger partial charge in [-0.15, -0.1) is 11.3 Å². The van der Waals surface area contributed by atoms with Crippen LogP contribution in [0.25, 0.3) is 10.4 Å². The third-order valence-electron chi connectivity index (χ3n) is 8.06. The number of hydrogen-bond acceptors (Lipinski definition) is 6. The number of rotatable bonds is 6. The van der Waals surface area contributed by atoms with Crippen molar-refractivity contribution in [2.75, 3.05) is 34.8 Å². The number of benzene rings is 2. The Kier molecular flexibility index (Phi) is 8.74. The molecule has 9 heteroatoms. The van der Waals surface area contributed by atoms with Gasteiger partial charge in [-0.3, -0.25) is 14.4 Å². The van der Waals surface area contributed by atoms with Crippen LogP contribution in [0, 0.1) is 0 Å². The number of pyridine rings is 1. The number of aromatic nitrogens is 1. The summed E-state index contributed by atoms with van der Waals surface area (Å²) in [5.74, 6) is 0.375. The summed E-state index contributed by atoms with van der Waals surface area (Å²) in [7, 11) is 0. The van der Waals surface area contributed by atoms with Crippen molar-refractivity contribution in [3.05, 3.63) is 94.5 Å². The molecule has 3 aliphatic rings. The van der Waals surface area contributed by atoms with Crippen LogP contribution in [0.15, 0.2) is 72.9 Å². The van der Waals surface area contributed by atoms with Gasteiger partial charge < -0.3 is 20.4 Å². The molecule has 226 valence electrons. The van der Waals surface area contributed by atoms with Crippen molar-refractivity contribution in [1.82, 2.24) is 10.3 Å². The lowest BCUT2D eigenvalue weighted by atomic mass is 10.1. The molecule has 2 N–H and O–H groups in total. The Morgan fingerprint density at radius 1 is 0.886 bits per heavy atom. The molecule has 0 spiro atoms. The van der Waals surface area contributed by atoms with Crippen LogP contribution in [-0.2, 0) is 6.42 Å². The van der Waals surface area contributed by atoms with Crippen LogP contribution < -0.4 is 20.4 Å². The zero-order chi connectivity index (χ0) is 30.6. The number of nitrogens with zero attached hydrogens (tertiary/aromatic N) is 3. The van der Waals surface area contributed by atoms with E-state index in [9.17, 15) is 14.4 Å². The van der Waals surface area contributed by atoms with Crippen LogP contribution in [0.3, 0.4) is 0 Å². The van der Waals surface area contributed by atoms with Crippen molar-refractivity contribution < 1.29 is 14.4 Å². The Balaban J connectivity index is 0.00000168. The van der Waals surface area contributed by atoms with Gasteiger partial charge in [-0.1, -0.05) is 32.0 Å². The molecule has 1 aliphatic carbocycles. The van der Waals surface area contributed by atoms with Crippen LogP contribution >= 0.6 is 11.3 Å². The second-order valence-corrected chi connectivity index (χ2v) is 12.1. The number of para-hydroxylation sites is 1. The lowest BCUT2D eigenvalue weighted by Gasteiger charge is -2.23. The van der Waals surface area contributed by atoms with E-state index in [-0.39, 0.29) is 17.7 Å². The number of fused-ring (bicyclic) bond motifs is 3. The second-order valence-electron chi connectivity index (χ2n) is 11.0. The Bertz CT molecular complexity index is 1670. The molecule has 4 aromatic rings. The molecule has 1 saturated heterocycles. The zero-order valence-corrected chi connectivity index (χ0v) is 26.0. The summed E-state index contributed by atoms with van der Waals surface area (Å²) in [4.78, 5) is 49.9. The molecule has 0 radical (unpaired) electrons. The molecule has 1 saturated carbocycles. The number of nitrogens with one attached hydrogen (secondary N) is 2. The molecule has 0 unspecified atom stereocenters. The van der Waals surface area contributed by atoms with Gasteiger partial charge in [0.15, 0.2) is 0 Å². The molecule has 2 aromatic carbocycles. The number of amides is 3. The SMILES string of the molecule is CC.O=C(NC1CC1)c1cc2c(s1)-c1ccccc1N(C(=O)c1ccc(NC(=O)c3cccnc3N3CCCC3)cc1)CC2. The molecule has 2 aromatic heterocycles. The molecular formula is C35H37N5O3S. The predicted molar refractivity (Wildman–Crippen MR) is 177 cm³/mol. The van der Waals surface area contributed by atoms with Gasteiger partial charge in [0, 0.05) is 53.6 Å². The van der Waals surface area contributed by atoms with Gasteiger partial charge in [-0.05, 0) is 86.2 Å². The highest BCUT2D eigenvalue weighted by Crippen LogP contribution is 2.42. The standard InChI is InChI=1S/C33H31N5O3S.C2H6/c39-31(26-7-5-16-34-30(26)37-17-3-4-18-37)35-23-11-9-21(10-12-23)33(41)38-19-15-22-20-28(32(40)36-24-13-14-24)42-29(22)25-6-1-2-8-27(25)38;1-2/h1-2,5-12,16,20,24H,3-4,13-15,17-19H2,(H,35,39)(H,36,40);1-2H3. The summed E-state index contributed by atoms with van der Waals surface area (Å²) in [5, 5.41) is 6.05. The fourth-order valence-electron chi connectivity index (χ4n) is 5.71. The first-order chi connectivity index (χ1) is 21.5. The average Bonchev–Trinajstić information content (AvgIpc) is 3.55.